The van der Waals surface area contributed by atoms with Gasteiger partial charge in [-0.3, -0.25) is 0 Å². The highest BCUT2D eigenvalue weighted by Crippen LogP contribution is 2.27. The van der Waals surface area contributed by atoms with Crippen LogP contribution in [-0.2, 0) is 0 Å². The van der Waals surface area contributed by atoms with Gasteiger partial charge in [-0.1, -0.05) is 13.3 Å². The zero-order valence-corrected chi connectivity index (χ0v) is 10.6. The summed E-state index contributed by atoms with van der Waals surface area (Å²) >= 11 is 0. The van der Waals surface area contributed by atoms with Gasteiger partial charge in [-0.25, -0.2) is 4.99 Å². The number of hydrogen-bond acceptors (Lipinski definition) is 1. The fraction of sp³-hybridized carbons (Fsp3) is 0.917. The molecule has 1 saturated carbocycles. The van der Waals surface area contributed by atoms with Gasteiger partial charge in [0.25, 0.3) is 0 Å². The van der Waals surface area contributed by atoms with Crippen molar-refractivity contribution in [3.8, 4) is 0 Å². The van der Waals surface area contributed by atoms with Crippen molar-refractivity contribution in [1.82, 2.24) is 4.90 Å². The maximum atomic E-state index is 6.06. The van der Waals surface area contributed by atoms with Gasteiger partial charge in [0.05, 0.1) is 5.54 Å². The van der Waals surface area contributed by atoms with Crippen LogP contribution in [0.1, 0.15) is 53.4 Å². The molecule has 3 heteroatoms. The molecule has 0 aromatic carbocycles. The number of guanidine groups is 1. The summed E-state index contributed by atoms with van der Waals surface area (Å²) in [5.41, 5.74) is 6.00. The van der Waals surface area contributed by atoms with Crippen molar-refractivity contribution >= 4 is 5.96 Å². The first-order valence-electron chi connectivity index (χ1n) is 6.06. The van der Waals surface area contributed by atoms with E-state index < -0.39 is 0 Å². The number of nitrogens with zero attached hydrogens (tertiary/aromatic N) is 2. The molecule has 0 aliphatic heterocycles. The molecule has 0 aromatic rings. The molecule has 15 heavy (non-hydrogen) atoms. The van der Waals surface area contributed by atoms with E-state index in [9.17, 15) is 0 Å². The van der Waals surface area contributed by atoms with E-state index >= 15 is 0 Å². The van der Waals surface area contributed by atoms with Gasteiger partial charge in [0.2, 0.25) is 0 Å². The summed E-state index contributed by atoms with van der Waals surface area (Å²) in [5, 5.41) is 0. The summed E-state index contributed by atoms with van der Waals surface area (Å²) in [4.78, 5) is 6.83. The Kier molecular flexibility index (Phi) is 4.00. The number of unbranched alkanes of at least 4 members (excludes halogenated alkanes) is 1. The lowest BCUT2D eigenvalue weighted by molar-refractivity contribution is 0.387. The van der Waals surface area contributed by atoms with Gasteiger partial charge in [0.1, 0.15) is 0 Å². The average Bonchev–Trinajstić information content (AvgIpc) is 2.85. The zero-order chi connectivity index (χ0) is 11.5. The quantitative estimate of drug-likeness (QED) is 0.573. The van der Waals surface area contributed by atoms with Crippen molar-refractivity contribution in [2.24, 2.45) is 10.7 Å². The molecule has 0 aromatic heterocycles. The number of aliphatic imine (C=N–C) groups is 1. The first-order chi connectivity index (χ1) is 6.94. The second kappa shape index (κ2) is 4.86. The Bertz CT molecular complexity index is 224. The molecule has 88 valence electrons. The van der Waals surface area contributed by atoms with Crippen LogP contribution in [0.2, 0.25) is 0 Å². The molecule has 0 amide bonds. The van der Waals surface area contributed by atoms with Gasteiger partial charge in [-0.05, 0) is 40.0 Å². The predicted octanol–water partition coefficient (Wildman–Crippen LogP) is 2.36. The van der Waals surface area contributed by atoms with Crippen LogP contribution in [0, 0.1) is 0 Å². The van der Waals surface area contributed by atoms with Crippen LogP contribution in [0.5, 0.6) is 0 Å². The van der Waals surface area contributed by atoms with Crippen LogP contribution in [-0.4, -0.2) is 29.0 Å². The van der Waals surface area contributed by atoms with Crippen LogP contribution < -0.4 is 5.73 Å². The monoisotopic (exact) mass is 211 g/mol. The normalized spacial score (nSPS) is 18.0. The summed E-state index contributed by atoms with van der Waals surface area (Å²) in [6.07, 6.45) is 4.98. The molecule has 0 bridgehead atoms. The zero-order valence-electron chi connectivity index (χ0n) is 10.6. The molecule has 1 rings (SSSR count). The molecule has 1 aliphatic carbocycles. The highest BCUT2D eigenvalue weighted by molar-refractivity contribution is 5.79. The summed E-state index contributed by atoms with van der Waals surface area (Å²) in [6, 6.07) is 0.669. The summed E-state index contributed by atoms with van der Waals surface area (Å²) in [7, 11) is 0. The first kappa shape index (κ1) is 12.3. The number of nitrogens with two attached hydrogens (primary N) is 1. The Labute approximate surface area is 93.7 Å². The van der Waals surface area contributed by atoms with Gasteiger partial charge < -0.3 is 10.6 Å². The first-order valence-corrected chi connectivity index (χ1v) is 6.06. The third kappa shape index (κ3) is 4.54. The largest absolute Gasteiger partial charge is 0.370 e. The van der Waals surface area contributed by atoms with E-state index in [-0.39, 0.29) is 5.54 Å². The minimum Gasteiger partial charge on any atom is -0.370 e. The van der Waals surface area contributed by atoms with Crippen LogP contribution in [0.4, 0.5) is 0 Å². The van der Waals surface area contributed by atoms with E-state index in [4.69, 9.17) is 5.73 Å². The molecule has 1 aliphatic rings. The summed E-state index contributed by atoms with van der Waals surface area (Å²) < 4.78 is 0. The minimum atomic E-state index is -0.0660. The second-order valence-corrected chi connectivity index (χ2v) is 5.42. The molecule has 0 unspecified atom stereocenters. The van der Waals surface area contributed by atoms with Crippen molar-refractivity contribution in [3.63, 3.8) is 0 Å². The molecule has 0 atom stereocenters. The maximum absolute atomic E-state index is 6.06. The summed E-state index contributed by atoms with van der Waals surface area (Å²) in [6.45, 7) is 9.54. The Morgan fingerprint density at radius 2 is 2.00 bits per heavy atom. The van der Waals surface area contributed by atoms with Gasteiger partial charge in [0, 0.05) is 12.6 Å². The summed E-state index contributed by atoms with van der Waals surface area (Å²) in [5.74, 6) is 0.735. The van der Waals surface area contributed by atoms with E-state index in [0.717, 1.165) is 12.5 Å². The number of hydrogen-bond donors (Lipinski definition) is 1. The van der Waals surface area contributed by atoms with Crippen molar-refractivity contribution in [1.29, 1.82) is 0 Å². The van der Waals surface area contributed by atoms with Crippen molar-refractivity contribution in [2.75, 3.05) is 6.54 Å². The van der Waals surface area contributed by atoms with E-state index in [1.807, 2.05) is 0 Å². The smallest absolute Gasteiger partial charge is 0.192 e. The molecule has 0 saturated heterocycles. The van der Waals surface area contributed by atoms with E-state index in [1.165, 1.54) is 25.7 Å². The van der Waals surface area contributed by atoms with E-state index in [1.54, 1.807) is 0 Å². The Morgan fingerprint density at radius 1 is 1.40 bits per heavy atom. The average molecular weight is 211 g/mol. The second-order valence-electron chi connectivity index (χ2n) is 5.42. The van der Waals surface area contributed by atoms with Gasteiger partial charge in [-0.2, -0.15) is 0 Å². The van der Waals surface area contributed by atoms with Crippen LogP contribution in [0.3, 0.4) is 0 Å². The topological polar surface area (TPSA) is 41.6 Å². The fourth-order valence-corrected chi connectivity index (χ4v) is 1.61. The standard InChI is InChI=1S/C12H25N3/c1-5-6-9-15(10-7-8-10)11(13)14-12(2,3)4/h10H,5-9H2,1-4H3,(H2,13,14). The van der Waals surface area contributed by atoms with Crippen molar-refractivity contribution < 1.29 is 0 Å². The lowest BCUT2D eigenvalue weighted by atomic mass is 10.1. The van der Waals surface area contributed by atoms with Crippen molar-refractivity contribution in [3.05, 3.63) is 0 Å². The molecule has 1 fully saturated rings. The van der Waals surface area contributed by atoms with Crippen molar-refractivity contribution in [2.45, 2.75) is 65.0 Å². The van der Waals surface area contributed by atoms with Gasteiger partial charge in [0.15, 0.2) is 5.96 Å². The Morgan fingerprint density at radius 3 is 2.40 bits per heavy atom. The van der Waals surface area contributed by atoms with Gasteiger partial charge >= 0.3 is 0 Å². The van der Waals surface area contributed by atoms with Crippen LogP contribution >= 0.6 is 0 Å². The minimum absolute atomic E-state index is 0.0660. The molecule has 2 N–H and O–H groups in total. The van der Waals surface area contributed by atoms with Gasteiger partial charge in [-0.15, -0.1) is 0 Å². The third-order valence-corrected chi connectivity index (χ3v) is 2.48. The highest BCUT2D eigenvalue weighted by atomic mass is 15.3. The lowest BCUT2D eigenvalue weighted by Gasteiger charge is -2.25. The van der Waals surface area contributed by atoms with Crippen LogP contribution in [0.15, 0.2) is 4.99 Å². The number of rotatable bonds is 4. The van der Waals surface area contributed by atoms with Crippen LogP contribution in [0.25, 0.3) is 0 Å². The predicted molar refractivity (Wildman–Crippen MR) is 66.0 cm³/mol. The Balaban J connectivity index is 2.58. The molecule has 0 spiro atoms. The molecule has 0 heterocycles. The SMILES string of the molecule is CCCCN(C(N)=NC(C)(C)C)C1CC1. The lowest BCUT2D eigenvalue weighted by Crippen LogP contribution is -2.41. The third-order valence-electron chi connectivity index (χ3n) is 2.48. The molecule has 0 radical (unpaired) electrons. The van der Waals surface area contributed by atoms with E-state index in [2.05, 4.69) is 37.6 Å². The van der Waals surface area contributed by atoms with E-state index in [0.29, 0.717) is 6.04 Å². The molecule has 3 nitrogen and oxygen atoms in total. The molecular weight excluding hydrogens is 186 g/mol. The highest BCUT2D eigenvalue weighted by Gasteiger charge is 2.30. The molecular formula is C12H25N3. The maximum Gasteiger partial charge on any atom is 0.192 e. The fourth-order valence-electron chi connectivity index (χ4n) is 1.61. The Hall–Kier alpha value is -0.730.